The molecule has 2 aromatic carbocycles. The molecule has 0 atom stereocenters. The Bertz CT molecular complexity index is 573. The first-order valence-electron chi connectivity index (χ1n) is 5.12. The van der Waals surface area contributed by atoms with Crippen LogP contribution < -0.4 is 4.74 Å². The van der Waals surface area contributed by atoms with Crippen LogP contribution in [0.15, 0.2) is 40.9 Å². The van der Waals surface area contributed by atoms with E-state index in [1.54, 1.807) is 30.3 Å². The Morgan fingerprint density at radius 2 is 1.83 bits per heavy atom. The Morgan fingerprint density at radius 3 is 2.50 bits per heavy atom. The van der Waals surface area contributed by atoms with Crippen molar-refractivity contribution in [2.45, 2.75) is 6.61 Å². The quantitative estimate of drug-likeness (QED) is 0.842. The lowest BCUT2D eigenvalue weighted by atomic mass is 10.2. The van der Waals surface area contributed by atoms with E-state index in [0.29, 0.717) is 27.1 Å². The van der Waals surface area contributed by atoms with E-state index in [1.807, 2.05) is 6.07 Å². The van der Waals surface area contributed by atoms with E-state index in [2.05, 4.69) is 15.9 Å². The number of hydrogen-bond donors (Lipinski definition) is 1. The van der Waals surface area contributed by atoms with Gasteiger partial charge in [0.1, 0.15) is 11.5 Å². The molecule has 1 N–H and O–H groups in total. The van der Waals surface area contributed by atoms with Gasteiger partial charge >= 0.3 is 0 Å². The lowest BCUT2D eigenvalue weighted by Gasteiger charge is -2.10. The minimum absolute atomic E-state index is 0.101. The first-order valence-corrected chi connectivity index (χ1v) is 6.67. The highest BCUT2D eigenvalue weighted by Gasteiger charge is 2.06. The van der Waals surface area contributed by atoms with Crippen molar-refractivity contribution in [2.24, 2.45) is 0 Å². The summed E-state index contributed by atoms with van der Waals surface area (Å²) in [6.45, 7) is -0.101. The maximum atomic E-state index is 9.27. The first-order chi connectivity index (χ1) is 8.60. The number of aliphatic hydroxyl groups excluding tert-OH is 1. The smallest absolute Gasteiger partial charge is 0.133 e. The predicted octanol–water partition coefficient (Wildman–Crippen LogP) is 5.04. The van der Waals surface area contributed by atoms with Crippen molar-refractivity contribution < 1.29 is 9.84 Å². The average molecular weight is 348 g/mol. The summed E-state index contributed by atoms with van der Waals surface area (Å²) < 4.78 is 6.55. The second-order valence-corrected chi connectivity index (χ2v) is 5.32. The number of aliphatic hydroxyl groups is 1. The summed E-state index contributed by atoms with van der Waals surface area (Å²) in [7, 11) is 0. The second kappa shape index (κ2) is 5.93. The fourth-order valence-corrected chi connectivity index (χ4v) is 2.14. The largest absolute Gasteiger partial charge is 0.457 e. The van der Waals surface area contributed by atoms with E-state index in [-0.39, 0.29) is 6.61 Å². The molecule has 5 heteroatoms. The number of rotatable bonds is 3. The standard InChI is InChI=1S/C13H9BrCl2O2/c14-9-1-4-13(8(5-9)7-17)18-10-2-3-11(15)12(16)6-10/h1-6,17H,7H2. The summed E-state index contributed by atoms with van der Waals surface area (Å²) in [5, 5.41) is 10.2. The molecule has 0 saturated heterocycles. The third kappa shape index (κ3) is 3.18. The van der Waals surface area contributed by atoms with Crippen molar-refractivity contribution in [1.82, 2.24) is 0 Å². The van der Waals surface area contributed by atoms with Crippen LogP contribution in [0.5, 0.6) is 11.5 Å². The molecule has 18 heavy (non-hydrogen) atoms. The normalized spacial score (nSPS) is 10.4. The van der Waals surface area contributed by atoms with Gasteiger partial charge in [0.05, 0.1) is 16.7 Å². The van der Waals surface area contributed by atoms with Crippen LogP contribution in [0.1, 0.15) is 5.56 Å². The highest BCUT2D eigenvalue weighted by Crippen LogP contribution is 2.32. The predicted molar refractivity (Wildman–Crippen MR) is 76.6 cm³/mol. The SMILES string of the molecule is OCc1cc(Br)ccc1Oc1ccc(Cl)c(Cl)c1. The third-order valence-corrected chi connectivity index (χ3v) is 3.54. The molecule has 0 aliphatic carbocycles. The van der Waals surface area contributed by atoms with Crippen molar-refractivity contribution in [3.05, 3.63) is 56.5 Å². The van der Waals surface area contributed by atoms with Crippen molar-refractivity contribution in [3.8, 4) is 11.5 Å². The molecule has 2 rings (SSSR count). The van der Waals surface area contributed by atoms with Crippen LogP contribution in [0.2, 0.25) is 10.0 Å². The van der Waals surface area contributed by atoms with Crippen LogP contribution >= 0.6 is 39.1 Å². The summed E-state index contributed by atoms with van der Waals surface area (Å²) in [5.74, 6) is 1.15. The van der Waals surface area contributed by atoms with Gasteiger partial charge in [-0.15, -0.1) is 0 Å². The lowest BCUT2D eigenvalue weighted by molar-refractivity contribution is 0.276. The highest BCUT2D eigenvalue weighted by molar-refractivity contribution is 9.10. The van der Waals surface area contributed by atoms with Gasteiger partial charge < -0.3 is 9.84 Å². The van der Waals surface area contributed by atoms with Gasteiger partial charge in [-0.05, 0) is 30.3 Å². The van der Waals surface area contributed by atoms with Crippen LogP contribution in [-0.4, -0.2) is 5.11 Å². The Labute approximate surface area is 123 Å². The van der Waals surface area contributed by atoms with E-state index in [9.17, 15) is 5.11 Å². The van der Waals surface area contributed by atoms with E-state index in [0.717, 1.165) is 4.47 Å². The van der Waals surface area contributed by atoms with Crippen molar-refractivity contribution in [2.75, 3.05) is 0 Å². The number of ether oxygens (including phenoxy) is 1. The molecule has 0 aliphatic heterocycles. The van der Waals surface area contributed by atoms with Gasteiger partial charge in [0.15, 0.2) is 0 Å². The number of hydrogen-bond acceptors (Lipinski definition) is 2. The Balaban J connectivity index is 2.30. The molecule has 0 unspecified atom stereocenters. The molecule has 0 heterocycles. The molecule has 0 aromatic heterocycles. The molecular weight excluding hydrogens is 339 g/mol. The van der Waals surface area contributed by atoms with Crippen LogP contribution in [0, 0.1) is 0 Å². The summed E-state index contributed by atoms with van der Waals surface area (Å²) >= 11 is 15.1. The molecule has 0 spiro atoms. The maximum absolute atomic E-state index is 9.27. The van der Waals surface area contributed by atoms with E-state index >= 15 is 0 Å². The van der Waals surface area contributed by atoms with E-state index in [4.69, 9.17) is 27.9 Å². The van der Waals surface area contributed by atoms with Crippen LogP contribution in [0.25, 0.3) is 0 Å². The second-order valence-electron chi connectivity index (χ2n) is 3.59. The van der Waals surface area contributed by atoms with Crippen molar-refractivity contribution in [1.29, 1.82) is 0 Å². The highest BCUT2D eigenvalue weighted by atomic mass is 79.9. The molecule has 0 fully saturated rings. The fourth-order valence-electron chi connectivity index (χ4n) is 1.44. The zero-order valence-corrected chi connectivity index (χ0v) is 12.3. The Kier molecular flexibility index (Phi) is 4.51. The molecule has 0 radical (unpaired) electrons. The molecule has 0 bridgehead atoms. The average Bonchev–Trinajstić information content (AvgIpc) is 2.36. The summed E-state index contributed by atoms with van der Waals surface area (Å²) in [6.07, 6.45) is 0. The fraction of sp³-hybridized carbons (Fsp3) is 0.0769. The minimum atomic E-state index is -0.101. The molecule has 94 valence electrons. The zero-order valence-electron chi connectivity index (χ0n) is 9.16. The summed E-state index contributed by atoms with van der Waals surface area (Å²) in [6, 6.07) is 10.4. The zero-order chi connectivity index (χ0) is 13.1. The van der Waals surface area contributed by atoms with Gasteiger partial charge in [0.25, 0.3) is 0 Å². The summed E-state index contributed by atoms with van der Waals surface area (Å²) in [4.78, 5) is 0. The third-order valence-electron chi connectivity index (χ3n) is 2.31. The van der Waals surface area contributed by atoms with E-state index < -0.39 is 0 Å². The van der Waals surface area contributed by atoms with Gasteiger partial charge in [0, 0.05) is 16.1 Å². The molecule has 0 aliphatic rings. The van der Waals surface area contributed by atoms with E-state index in [1.165, 1.54) is 0 Å². The molecule has 2 nitrogen and oxygen atoms in total. The monoisotopic (exact) mass is 346 g/mol. The molecule has 0 saturated carbocycles. The number of benzene rings is 2. The number of halogens is 3. The van der Waals surface area contributed by atoms with Gasteiger partial charge in [-0.25, -0.2) is 0 Å². The maximum Gasteiger partial charge on any atom is 0.133 e. The topological polar surface area (TPSA) is 29.5 Å². The van der Waals surface area contributed by atoms with Crippen LogP contribution in [0.4, 0.5) is 0 Å². The Morgan fingerprint density at radius 1 is 1.06 bits per heavy atom. The van der Waals surface area contributed by atoms with Gasteiger partial charge in [0.2, 0.25) is 0 Å². The Hall–Kier alpha value is -0.740. The summed E-state index contributed by atoms with van der Waals surface area (Å²) in [5.41, 5.74) is 0.690. The van der Waals surface area contributed by atoms with Gasteiger partial charge in [-0.3, -0.25) is 0 Å². The molecular formula is C13H9BrCl2O2. The minimum Gasteiger partial charge on any atom is -0.457 e. The van der Waals surface area contributed by atoms with Crippen molar-refractivity contribution >= 4 is 39.1 Å². The molecule has 0 amide bonds. The van der Waals surface area contributed by atoms with Crippen LogP contribution in [-0.2, 0) is 6.61 Å². The lowest BCUT2D eigenvalue weighted by Crippen LogP contribution is -1.91. The van der Waals surface area contributed by atoms with Gasteiger partial charge in [-0.2, -0.15) is 0 Å². The first kappa shape index (κ1) is 13.7. The molecule has 2 aromatic rings. The van der Waals surface area contributed by atoms with Crippen molar-refractivity contribution in [3.63, 3.8) is 0 Å². The van der Waals surface area contributed by atoms with Gasteiger partial charge in [-0.1, -0.05) is 39.1 Å². The van der Waals surface area contributed by atoms with Crippen LogP contribution in [0.3, 0.4) is 0 Å².